The van der Waals surface area contributed by atoms with Crippen molar-refractivity contribution in [3.63, 3.8) is 0 Å². The number of phenolic OH excluding ortho intramolecular Hbond substituents is 3. The van der Waals surface area contributed by atoms with Gasteiger partial charge < -0.3 is 15.3 Å². The molecule has 0 saturated heterocycles. The Balaban J connectivity index is 1.56. The second-order valence-corrected chi connectivity index (χ2v) is 10.4. The molecule has 3 heteroatoms. The molecule has 2 aliphatic carbocycles. The molecule has 3 aromatic rings. The molecule has 3 nitrogen and oxygen atoms in total. The van der Waals surface area contributed by atoms with Crippen LogP contribution in [0.25, 0.3) is 22.3 Å². The first-order valence-corrected chi connectivity index (χ1v) is 13.0. The summed E-state index contributed by atoms with van der Waals surface area (Å²) >= 11 is 0. The van der Waals surface area contributed by atoms with Crippen LogP contribution in [0.4, 0.5) is 0 Å². The fourth-order valence-corrected chi connectivity index (χ4v) is 6.20. The van der Waals surface area contributed by atoms with E-state index in [2.05, 4.69) is 18.2 Å². The van der Waals surface area contributed by atoms with Crippen LogP contribution in [0.15, 0.2) is 48.5 Å². The molecule has 0 radical (unpaired) electrons. The quantitative estimate of drug-likeness (QED) is 0.368. The molecular weight excluding hydrogens is 420 g/mol. The topological polar surface area (TPSA) is 60.7 Å². The van der Waals surface area contributed by atoms with E-state index in [0.29, 0.717) is 23.3 Å². The smallest absolute Gasteiger partial charge is 0.131 e. The summed E-state index contributed by atoms with van der Waals surface area (Å²) in [6, 6.07) is 15.6. The highest BCUT2D eigenvalue weighted by molar-refractivity contribution is 5.85. The normalized spacial score (nSPS) is 17.7. The third-order valence-electron chi connectivity index (χ3n) is 8.13. The van der Waals surface area contributed by atoms with Gasteiger partial charge in [-0.15, -0.1) is 0 Å². The first kappa shape index (κ1) is 22.8. The molecule has 2 aliphatic rings. The number of aromatic hydroxyl groups is 3. The van der Waals surface area contributed by atoms with Crippen molar-refractivity contribution in [3.05, 3.63) is 65.2 Å². The van der Waals surface area contributed by atoms with Crippen LogP contribution in [0, 0.1) is 6.92 Å². The van der Waals surface area contributed by atoms with Crippen molar-refractivity contribution in [2.75, 3.05) is 0 Å². The molecule has 0 heterocycles. The van der Waals surface area contributed by atoms with Crippen LogP contribution < -0.4 is 0 Å². The first-order chi connectivity index (χ1) is 16.5. The van der Waals surface area contributed by atoms with E-state index in [1.165, 1.54) is 38.5 Å². The lowest BCUT2D eigenvalue weighted by Gasteiger charge is -2.24. The van der Waals surface area contributed by atoms with Crippen molar-refractivity contribution in [2.45, 2.75) is 83.0 Å². The van der Waals surface area contributed by atoms with Crippen molar-refractivity contribution < 1.29 is 15.3 Å². The minimum Gasteiger partial charge on any atom is -0.508 e. The van der Waals surface area contributed by atoms with Crippen LogP contribution in [0.5, 0.6) is 17.2 Å². The van der Waals surface area contributed by atoms with Gasteiger partial charge in [0, 0.05) is 11.1 Å². The summed E-state index contributed by atoms with van der Waals surface area (Å²) in [4.78, 5) is 0. The number of hydrogen-bond donors (Lipinski definition) is 3. The summed E-state index contributed by atoms with van der Waals surface area (Å²) in [6.45, 7) is 2.02. The van der Waals surface area contributed by atoms with Gasteiger partial charge in [0.25, 0.3) is 0 Å². The maximum atomic E-state index is 11.5. The minimum absolute atomic E-state index is 0.264. The Morgan fingerprint density at radius 1 is 0.588 bits per heavy atom. The number of aryl methyl sites for hydroxylation is 1. The van der Waals surface area contributed by atoms with Crippen LogP contribution in [0.3, 0.4) is 0 Å². The molecule has 0 unspecified atom stereocenters. The first-order valence-electron chi connectivity index (χ1n) is 13.0. The van der Waals surface area contributed by atoms with Gasteiger partial charge >= 0.3 is 0 Å². The van der Waals surface area contributed by atoms with Gasteiger partial charge in [-0.05, 0) is 96.5 Å². The molecule has 3 N–H and O–H groups in total. The average Bonchev–Trinajstić information content (AvgIpc) is 2.87. The Morgan fingerprint density at radius 3 is 1.65 bits per heavy atom. The number of hydrogen-bond acceptors (Lipinski definition) is 3. The number of phenols is 3. The molecule has 34 heavy (non-hydrogen) atoms. The van der Waals surface area contributed by atoms with Gasteiger partial charge in [-0.25, -0.2) is 0 Å². The Hall–Kier alpha value is -2.94. The van der Waals surface area contributed by atoms with E-state index in [4.69, 9.17) is 0 Å². The van der Waals surface area contributed by atoms with Crippen molar-refractivity contribution in [3.8, 4) is 39.5 Å². The minimum atomic E-state index is 0.264. The highest BCUT2D eigenvalue weighted by atomic mass is 16.3. The van der Waals surface area contributed by atoms with E-state index < -0.39 is 0 Å². The number of benzene rings is 3. The average molecular weight is 457 g/mol. The second-order valence-electron chi connectivity index (χ2n) is 10.4. The van der Waals surface area contributed by atoms with E-state index in [1.54, 1.807) is 12.1 Å². The molecule has 0 aliphatic heterocycles. The van der Waals surface area contributed by atoms with Crippen molar-refractivity contribution >= 4 is 0 Å². The summed E-state index contributed by atoms with van der Waals surface area (Å²) in [7, 11) is 0. The van der Waals surface area contributed by atoms with Crippen molar-refractivity contribution in [2.24, 2.45) is 0 Å². The largest absolute Gasteiger partial charge is 0.508 e. The Kier molecular flexibility index (Phi) is 6.54. The molecule has 0 spiro atoms. The molecular formula is C31H36O3. The molecule has 2 saturated carbocycles. The molecule has 0 amide bonds. The van der Waals surface area contributed by atoms with Crippen LogP contribution >= 0.6 is 0 Å². The zero-order valence-electron chi connectivity index (χ0n) is 20.2. The predicted molar refractivity (Wildman–Crippen MR) is 139 cm³/mol. The summed E-state index contributed by atoms with van der Waals surface area (Å²) in [5.74, 6) is 1.75. The van der Waals surface area contributed by atoms with Crippen molar-refractivity contribution in [1.82, 2.24) is 0 Å². The van der Waals surface area contributed by atoms with E-state index in [-0.39, 0.29) is 5.75 Å². The summed E-state index contributed by atoms with van der Waals surface area (Å²) in [6.07, 6.45) is 11.8. The Bertz CT molecular complexity index is 1170. The second kappa shape index (κ2) is 9.74. The van der Waals surface area contributed by atoms with Crippen LogP contribution in [-0.2, 0) is 0 Å². The SMILES string of the molecule is Cc1ccc(-c2ccc(O)c(C3CCCCC3)c2)c(O)c1-c1ccc(O)c(C2CCCCC2)c1. The van der Waals surface area contributed by atoms with Gasteiger partial charge in [-0.3, -0.25) is 0 Å². The maximum Gasteiger partial charge on any atom is 0.131 e. The highest BCUT2D eigenvalue weighted by Crippen LogP contribution is 2.45. The molecule has 178 valence electrons. The van der Waals surface area contributed by atoms with Crippen LogP contribution in [0.1, 0.15) is 92.7 Å². The highest BCUT2D eigenvalue weighted by Gasteiger charge is 2.23. The van der Waals surface area contributed by atoms with Gasteiger partial charge in [0.2, 0.25) is 0 Å². The molecule has 0 bridgehead atoms. The Morgan fingerprint density at radius 2 is 1.09 bits per heavy atom. The van der Waals surface area contributed by atoms with Crippen LogP contribution in [0.2, 0.25) is 0 Å². The van der Waals surface area contributed by atoms with E-state index in [1.807, 2.05) is 25.1 Å². The molecule has 0 atom stereocenters. The lowest BCUT2D eigenvalue weighted by molar-refractivity contribution is 0.414. The molecule has 3 aromatic carbocycles. The summed E-state index contributed by atoms with van der Waals surface area (Å²) < 4.78 is 0. The molecule has 2 fully saturated rings. The molecule has 5 rings (SSSR count). The third-order valence-corrected chi connectivity index (χ3v) is 8.13. The third kappa shape index (κ3) is 4.41. The fourth-order valence-electron chi connectivity index (χ4n) is 6.20. The zero-order chi connectivity index (χ0) is 23.7. The summed E-state index contributed by atoms with van der Waals surface area (Å²) in [5, 5.41) is 32.7. The monoisotopic (exact) mass is 456 g/mol. The zero-order valence-corrected chi connectivity index (χ0v) is 20.2. The Labute approximate surface area is 203 Å². The number of rotatable bonds is 4. The lowest BCUT2D eigenvalue weighted by Crippen LogP contribution is -2.05. The lowest BCUT2D eigenvalue weighted by atomic mass is 9.81. The van der Waals surface area contributed by atoms with Crippen molar-refractivity contribution in [1.29, 1.82) is 0 Å². The van der Waals surface area contributed by atoms with Gasteiger partial charge in [-0.2, -0.15) is 0 Å². The van der Waals surface area contributed by atoms with Gasteiger partial charge in [0.1, 0.15) is 17.2 Å². The van der Waals surface area contributed by atoms with Crippen LogP contribution in [-0.4, -0.2) is 15.3 Å². The van der Waals surface area contributed by atoms with E-state index >= 15 is 0 Å². The van der Waals surface area contributed by atoms with E-state index in [9.17, 15) is 15.3 Å². The standard InChI is InChI=1S/C31H36O3/c1-20-12-15-25(23-13-16-28(32)26(18-23)21-8-4-2-5-9-21)31(34)30(20)24-14-17-29(33)27(19-24)22-10-6-3-7-11-22/h12-19,21-22,32-34H,2-11H2,1H3. The van der Waals surface area contributed by atoms with Gasteiger partial charge in [0.15, 0.2) is 0 Å². The van der Waals surface area contributed by atoms with Gasteiger partial charge in [0.05, 0.1) is 0 Å². The maximum absolute atomic E-state index is 11.5. The van der Waals surface area contributed by atoms with Gasteiger partial charge in [-0.1, -0.05) is 62.8 Å². The summed E-state index contributed by atoms with van der Waals surface area (Å²) in [5.41, 5.74) is 6.50. The van der Waals surface area contributed by atoms with E-state index in [0.717, 1.165) is 64.6 Å². The predicted octanol–water partition coefficient (Wildman–Crippen LogP) is 8.54. The fraction of sp³-hybridized carbons (Fsp3) is 0.419. The molecule has 0 aromatic heterocycles.